The van der Waals surface area contributed by atoms with Crippen LogP contribution in [0.4, 0.5) is 14.7 Å². The van der Waals surface area contributed by atoms with E-state index in [1.54, 1.807) is 4.90 Å². The first-order valence-corrected chi connectivity index (χ1v) is 4.04. The van der Waals surface area contributed by atoms with Crippen LogP contribution in [0, 0.1) is 0 Å². The number of hydrogen-bond donors (Lipinski definition) is 1. The Morgan fingerprint density at radius 2 is 2.00 bits per heavy atom. The molecule has 0 atom stereocenters. The highest BCUT2D eigenvalue weighted by Gasteiger charge is 2.34. The highest BCUT2D eigenvalue weighted by atomic mass is 19.3. The summed E-state index contributed by atoms with van der Waals surface area (Å²) in [6.45, 7) is 0.569. The molecular weight excluding hydrogens is 180 g/mol. The second-order valence-electron chi connectivity index (χ2n) is 3.05. The fourth-order valence-corrected chi connectivity index (χ4v) is 1.32. The van der Waals surface area contributed by atoms with Crippen molar-refractivity contribution in [3.05, 3.63) is 0 Å². The van der Waals surface area contributed by atoms with E-state index >= 15 is 0 Å². The summed E-state index contributed by atoms with van der Waals surface area (Å²) in [6.07, 6.45) is -0.275. The minimum atomic E-state index is -2.53. The Labute approximate surface area is 73.1 Å². The number of nitrogens with one attached hydrogen (secondary N) is 1. The van der Waals surface area contributed by atoms with Gasteiger partial charge in [0.05, 0.1) is 0 Å². The fraction of sp³-hybridized carbons (Fsp3) is 0.833. The molecule has 1 saturated heterocycles. The monoisotopic (exact) mass is 189 g/mol. The van der Waals surface area contributed by atoms with Gasteiger partial charge in [0.15, 0.2) is 0 Å². The highest BCUT2D eigenvalue weighted by molar-refractivity contribution is 5.26. The van der Waals surface area contributed by atoms with Crippen LogP contribution < -0.4 is 4.90 Å². The molecule has 7 heteroatoms. The summed E-state index contributed by atoms with van der Waals surface area (Å²) in [4.78, 5) is 1.70. The molecule has 1 aliphatic rings. The number of nitrogens with zero attached hydrogens (tertiary/aromatic N) is 4. The maximum absolute atomic E-state index is 12.7. The van der Waals surface area contributed by atoms with Crippen LogP contribution >= 0.6 is 0 Å². The quantitative estimate of drug-likeness (QED) is 0.696. The summed E-state index contributed by atoms with van der Waals surface area (Å²) in [5.41, 5.74) is 0. The zero-order valence-corrected chi connectivity index (χ0v) is 6.87. The lowest BCUT2D eigenvalue weighted by Gasteiger charge is -2.30. The summed E-state index contributed by atoms with van der Waals surface area (Å²) in [6, 6.07) is 0. The predicted molar refractivity (Wildman–Crippen MR) is 40.6 cm³/mol. The standard InChI is InChI=1S/C6H9F2N5/c7-6(8)1-3-13(4-2-6)5-9-11-12-10-5/h1-4H2,(H,9,10,11,12). The van der Waals surface area contributed by atoms with Gasteiger partial charge in [-0.1, -0.05) is 5.10 Å². The van der Waals surface area contributed by atoms with Gasteiger partial charge in [-0.2, -0.15) is 5.21 Å². The minimum Gasteiger partial charge on any atom is -0.338 e. The van der Waals surface area contributed by atoms with Gasteiger partial charge in [-0.3, -0.25) is 0 Å². The van der Waals surface area contributed by atoms with Crippen molar-refractivity contribution in [2.24, 2.45) is 0 Å². The SMILES string of the molecule is FC1(F)CCN(c2nn[nH]n2)CC1. The lowest BCUT2D eigenvalue weighted by atomic mass is 10.1. The second kappa shape index (κ2) is 2.90. The van der Waals surface area contributed by atoms with Crippen LogP contribution in [-0.2, 0) is 0 Å². The van der Waals surface area contributed by atoms with E-state index in [2.05, 4.69) is 20.6 Å². The van der Waals surface area contributed by atoms with Crippen LogP contribution in [-0.4, -0.2) is 39.6 Å². The summed E-state index contributed by atoms with van der Waals surface area (Å²) in [5, 5.41) is 13.1. The lowest BCUT2D eigenvalue weighted by Crippen LogP contribution is -2.39. The molecule has 0 bridgehead atoms. The van der Waals surface area contributed by atoms with E-state index in [0.29, 0.717) is 5.95 Å². The molecule has 1 fully saturated rings. The number of aromatic nitrogens is 4. The Morgan fingerprint density at radius 3 is 2.54 bits per heavy atom. The predicted octanol–water partition coefficient (Wildman–Crippen LogP) is 0.435. The largest absolute Gasteiger partial charge is 0.338 e. The van der Waals surface area contributed by atoms with E-state index in [1.165, 1.54) is 0 Å². The third-order valence-electron chi connectivity index (χ3n) is 2.11. The second-order valence-corrected chi connectivity index (χ2v) is 3.05. The maximum atomic E-state index is 12.7. The molecule has 0 aromatic carbocycles. The van der Waals surface area contributed by atoms with Crippen molar-refractivity contribution in [1.82, 2.24) is 20.6 Å². The van der Waals surface area contributed by atoms with Crippen molar-refractivity contribution < 1.29 is 8.78 Å². The molecule has 0 amide bonds. The molecule has 1 aromatic heterocycles. The van der Waals surface area contributed by atoms with Crippen LogP contribution in [0.5, 0.6) is 0 Å². The number of halogens is 2. The van der Waals surface area contributed by atoms with Gasteiger partial charge in [0, 0.05) is 25.9 Å². The van der Waals surface area contributed by atoms with Gasteiger partial charge in [-0.05, 0) is 5.21 Å². The average molecular weight is 189 g/mol. The molecule has 0 aliphatic carbocycles. The molecule has 2 rings (SSSR count). The van der Waals surface area contributed by atoms with E-state index in [4.69, 9.17) is 0 Å². The topological polar surface area (TPSA) is 57.7 Å². The zero-order chi connectivity index (χ0) is 9.31. The normalized spacial score (nSPS) is 21.8. The Balaban J connectivity index is 1.99. The van der Waals surface area contributed by atoms with Gasteiger partial charge in [0.1, 0.15) is 0 Å². The Kier molecular flexibility index (Phi) is 1.86. The smallest absolute Gasteiger partial charge is 0.265 e. The van der Waals surface area contributed by atoms with Crippen LogP contribution in [0.2, 0.25) is 0 Å². The molecule has 13 heavy (non-hydrogen) atoms. The first kappa shape index (κ1) is 8.33. The van der Waals surface area contributed by atoms with Crippen molar-refractivity contribution in [2.75, 3.05) is 18.0 Å². The number of H-pyrrole nitrogens is 1. The molecule has 0 unspecified atom stereocenters. The van der Waals surface area contributed by atoms with Crippen molar-refractivity contribution in [1.29, 1.82) is 0 Å². The Morgan fingerprint density at radius 1 is 1.31 bits per heavy atom. The number of aromatic amines is 1. The first-order valence-electron chi connectivity index (χ1n) is 4.04. The van der Waals surface area contributed by atoms with Crippen molar-refractivity contribution in [3.63, 3.8) is 0 Å². The summed E-state index contributed by atoms with van der Waals surface area (Å²) in [7, 11) is 0. The van der Waals surface area contributed by atoms with Gasteiger partial charge >= 0.3 is 0 Å². The van der Waals surface area contributed by atoms with Gasteiger partial charge in [-0.15, -0.1) is 5.10 Å². The van der Waals surface area contributed by atoms with Crippen LogP contribution in [0.3, 0.4) is 0 Å². The minimum absolute atomic E-state index is 0.137. The Hall–Kier alpha value is -1.27. The van der Waals surface area contributed by atoms with E-state index in [1.807, 2.05) is 0 Å². The third kappa shape index (κ3) is 1.73. The summed E-state index contributed by atoms with van der Waals surface area (Å²) >= 11 is 0. The molecule has 1 aromatic rings. The average Bonchev–Trinajstić information content (AvgIpc) is 2.56. The van der Waals surface area contributed by atoms with Gasteiger partial charge in [0.2, 0.25) is 0 Å². The molecule has 1 N–H and O–H groups in total. The van der Waals surface area contributed by atoms with Gasteiger partial charge < -0.3 is 4.90 Å². The summed E-state index contributed by atoms with van der Waals surface area (Å²) < 4.78 is 25.5. The van der Waals surface area contributed by atoms with Gasteiger partial charge in [-0.25, -0.2) is 8.78 Å². The molecule has 0 radical (unpaired) electrons. The van der Waals surface area contributed by atoms with Crippen molar-refractivity contribution in [2.45, 2.75) is 18.8 Å². The number of rotatable bonds is 1. The molecule has 2 heterocycles. The number of piperidine rings is 1. The first-order chi connectivity index (χ1) is 6.17. The number of anilines is 1. The van der Waals surface area contributed by atoms with Crippen LogP contribution in [0.1, 0.15) is 12.8 Å². The van der Waals surface area contributed by atoms with E-state index in [-0.39, 0.29) is 25.9 Å². The number of hydrogen-bond acceptors (Lipinski definition) is 4. The van der Waals surface area contributed by atoms with Crippen LogP contribution in [0.15, 0.2) is 0 Å². The van der Waals surface area contributed by atoms with Crippen molar-refractivity contribution in [3.8, 4) is 0 Å². The fourth-order valence-electron chi connectivity index (χ4n) is 1.32. The van der Waals surface area contributed by atoms with Crippen molar-refractivity contribution >= 4 is 5.95 Å². The molecule has 5 nitrogen and oxygen atoms in total. The Bertz CT molecular complexity index is 263. The molecule has 72 valence electrons. The highest BCUT2D eigenvalue weighted by Crippen LogP contribution is 2.28. The van der Waals surface area contributed by atoms with Crippen LogP contribution in [0.25, 0.3) is 0 Å². The molecule has 0 spiro atoms. The van der Waals surface area contributed by atoms with E-state index in [9.17, 15) is 8.78 Å². The molecular formula is C6H9F2N5. The molecule has 1 aliphatic heterocycles. The number of tetrazole rings is 1. The van der Waals surface area contributed by atoms with E-state index in [0.717, 1.165) is 0 Å². The van der Waals surface area contributed by atoms with E-state index < -0.39 is 5.92 Å². The zero-order valence-electron chi connectivity index (χ0n) is 6.87. The molecule has 0 saturated carbocycles. The third-order valence-corrected chi connectivity index (χ3v) is 2.11. The van der Waals surface area contributed by atoms with Gasteiger partial charge in [0.25, 0.3) is 11.9 Å². The maximum Gasteiger partial charge on any atom is 0.265 e. The number of alkyl halides is 2. The lowest BCUT2D eigenvalue weighted by molar-refractivity contribution is -0.0222. The summed E-state index contributed by atoms with van der Waals surface area (Å²) in [5.74, 6) is -2.13.